The first-order valence-electron chi connectivity index (χ1n) is 7.18. The molecule has 1 aliphatic heterocycles. The van der Waals surface area contributed by atoms with Gasteiger partial charge in [-0.1, -0.05) is 15.9 Å². The Bertz CT molecular complexity index is 548. The number of benzene rings is 1. The van der Waals surface area contributed by atoms with Gasteiger partial charge in [-0.15, -0.1) is 0 Å². The molecule has 7 heteroatoms. The summed E-state index contributed by atoms with van der Waals surface area (Å²) in [4.78, 5) is 25.2. The van der Waals surface area contributed by atoms with Crippen molar-refractivity contribution in [1.29, 1.82) is 0 Å². The number of likely N-dealkylation sites (tertiary alicyclic amines) is 1. The van der Waals surface area contributed by atoms with Crippen LogP contribution in [0.2, 0.25) is 0 Å². The molecule has 0 unspecified atom stereocenters. The standard InChI is InChI=1S/C15H18BrFN2O3/c16-11-3-4-13(12(17)9-11)22-10-14(20)18-6-5-15(21)19-7-1-2-8-19/h3-4,9H,1-2,5-8,10H2,(H,18,20). The van der Waals surface area contributed by atoms with Crippen molar-refractivity contribution in [2.45, 2.75) is 19.3 Å². The largest absolute Gasteiger partial charge is 0.481 e. The summed E-state index contributed by atoms with van der Waals surface area (Å²) in [5, 5.41) is 2.59. The van der Waals surface area contributed by atoms with Crippen molar-refractivity contribution >= 4 is 27.7 Å². The van der Waals surface area contributed by atoms with Crippen LogP contribution in [0.5, 0.6) is 5.75 Å². The second-order valence-electron chi connectivity index (χ2n) is 5.05. The minimum atomic E-state index is -0.536. The fourth-order valence-corrected chi connectivity index (χ4v) is 2.55. The highest BCUT2D eigenvalue weighted by molar-refractivity contribution is 9.10. The normalized spacial score (nSPS) is 14.0. The summed E-state index contributed by atoms with van der Waals surface area (Å²) >= 11 is 3.14. The molecule has 1 heterocycles. The van der Waals surface area contributed by atoms with Crippen molar-refractivity contribution in [3.05, 3.63) is 28.5 Å². The van der Waals surface area contributed by atoms with Gasteiger partial charge in [0, 0.05) is 30.5 Å². The highest BCUT2D eigenvalue weighted by Gasteiger charge is 2.17. The average molecular weight is 373 g/mol. The van der Waals surface area contributed by atoms with Gasteiger partial charge >= 0.3 is 0 Å². The van der Waals surface area contributed by atoms with Crippen LogP contribution in [0.4, 0.5) is 4.39 Å². The maximum absolute atomic E-state index is 13.5. The minimum Gasteiger partial charge on any atom is -0.481 e. The van der Waals surface area contributed by atoms with Crippen molar-refractivity contribution in [1.82, 2.24) is 10.2 Å². The van der Waals surface area contributed by atoms with Crippen LogP contribution in [0.3, 0.4) is 0 Å². The summed E-state index contributed by atoms with van der Waals surface area (Å²) in [6.07, 6.45) is 2.37. The van der Waals surface area contributed by atoms with E-state index in [1.165, 1.54) is 12.1 Å². The Hall–Kier alpha value is -1.63. The van der Waals surface area contributed by atoms with Gasteiger partial charge in [0.05, 0.1) is 0 Å². The zero-order valence-corrected chi connectivity index (χ0v) is 13.7. The summed E-state index contributed by atoms with van der Waals surface area (Å²) in [7, 11) is 0. The Morgan fingerprint density at radius 1 is 1.32 bits per heavy atom. The van der Waals surface area contributed by atoms with E-state index >= 15 is 0 Å². The molecule has 120 valence electrons. The number of nitrogens with one attached hydrogen (secondary N) is 1. The van der Waals surface area contributed by atoms with Crippen molar-refractivity contribution in [3.63, 3.8) is 0 Å². The Balaban J connectivity index is 1.66. The fraction of sp³-hybridized carbons (Fsp3) is 0.467. The SMILES string of the molecule is O=C(COc1ccc(Br)cc1F)NCCC(=O)N1CCCC1. The van der Waals surface area contributed by atoms with Crippen LogP contribution in [0.1, 0.15) is 19.3 Å². The number of halogens is 2. The molecular weight excluding hydrogens is 355 g/mol. The highest BCUT2D eigenvalue weighted by Crippen LogP contribution is 2.21. The first-order chi connectivity index (χ1) is 10.6. The number of nitrogens with zero attached hydrogens (tertiary/aromatic N) is 1. The molecule has 1 aromatic rings. The minimum absolute atomic E-state index is 0.0199. The van der Waals surface area contributed by atoms with Crippen LogP contribution in [-0.4, -0.2) is 43.0 Å². The molecule has 2 amide bonds. The lowest BCUT2D eigenvalue weighted by Crippen LogP contribution is -2.34. The molecule has 1 aromatic carbocycles. The van der Waals surface area contributed by atoms with Crippen LogP contribution in [0.25, 0.3) is 0 Å². The van der Waals surface area contributed by atoms with E-state index in [-0.39, 0.29) is 37.1 Å². The molecule has 0 atom stereocenters. The number of rotatable bonds is 6. The number of carbonyl (C=O) groups excluding carboxylic acids is 2. The van der Waals surface area contributed by atoms with Crippen LogP contribution >= 0.6 is 15.9 Å². The van der Waals surface area contributed by atoms with Gasteiger partial charge < -0.3 is 15.0 Å². The smallest absolute Gasteiger partial charge is 0.257 e. The molecule has 0 radical (unpaired) electrons. The third-order valence-electron chi connectivity index (χ3n) is 3.37. The van der Waals surface area contributed by atoms with Crippen LogP contribution in [0, 0.1) is 5.82 Å². The van der Waals surface area contributed by atoms with Gasteiger partial charge in [0.1, 0.15) is 0 Å². The molecule has 5 nitrogen and oxygen atoms in total. The van der Waals surface area contributed by atoms with Gasteiger partial charge in [0.15, 0.2) is 18.2 Å². The second kappa shape index (κ2) is 8.12. The predicted octanol–water partition coefficient (Wildman–Crippen LogP) is 2.10. The Labute approximate surface area is 136 Å². The van der Waals surface area contributed by atoms with Gasteiger partial charge in [-0.2, -0.15) is 0 Å². The van der Waals surface area contributed by atoms with Gasteiger partial charge in [-0.3, -0.25) is 9.59 Å². The van der Waals surface area contributed by atoms with E-state index in [0.717, 1.165) is 25.9 Å². The van der Waals surface area contributed by atoms with E-state index in [0.29, 0.717) is 4.47 Å². The lowest BCUT2D eigenvalue weighted by Gasteiger charge is -2.15. The molecule has 0 saturated carbocycles. The van der Waals surface area contributed by atoms with Crippen molar-refractivity contribution in [2.75, 3.05) is 26.2 Å². The summed E-state index contributed by atoms with van der Waals surface area (Å²) in [6, 6.07) is 4.34. The maximum Gasteiger partial charge on any atom is 0.257 e. The quantitative estimate of drug-likeness (QED) is 0.831. The van der Waals surface area contributed by atoms with Gasteiger partial charge in [-0.25, -0.2) is 4.39 Å². The molecule has 0 bridgehead atoms. The van der Waals surface area contributed by atoms with Crippen LogP contribution in [-0.2, 0) is 9.59 Å². The van der Waals surface area contributed by atoms with E-state index in [2.05, 4.69) is 21.2 Å². The van der Waals surface area contributed by atoms with Crippen molar-refractivity contribution < 1.29 is 18.7 Å². The molecule has 22 heavy (non-hydrogen) atoms. The van der Waals surface area contributed by atoms with E-state index in [1.807, 2.05) is 0 Å². The highest BCUT2D eigenvalue weighted by atomic mass is 79.9. The summed E-state index contributed by atoms with van der Waals surface area (Å²) in [6.45, 7) is 1.59. The van der Waals surface area contributed by atoms with Gasteiger partial charge in [-0.05, 0) is 31.0 Å². The zero-order valence-electron chi connectivity index (χ0n) is 12.1. The van der Waals surface area contributed by atoms with Crippen LogP contribution in [0.15, 0.2) is 22.7 Å². The lowest BCUT2D eigenvalue weighted by molar-refractivity contribution is -0.130. The Morgan fingerprint density at radius 2 is 2.05 bits per heavy atom. The van der Waals surface area contributed by atoms with Crippen molar-refractivity contribution in [2.24, 2.45) is 0 Å². The average Bonchev–Trinajstić information content (AvgIpc) is 3.00. The van der Waals surface area contributed by atoms with E-state index < -0.39 is 5.82 Å². The van der Waals surface area contributed by atoms with E-state index in [1.54, 1.807) is 11.0 Å². The van der Waals surface area contributed by atoms with Crippen molar-refractivity contribution in [3.8, 4) is 5.75 Å². The number of hydrogen-bond acceptors (Lipinski definition) is 3. The molecule has 1 saturated heterocycles. The third kappa shape index (κ3) is 4.98. The van der Waals surface area contributed by atoms with Gasteiger partial charge in [0.25, 0.3) is 5.91 Å². The third-order valence-corrected chi connectivity index (χ3v) is 3.87. The summed E-state index contributed by atoms with van der Waals surface area (Å²) < 4.78 is 19.2. The van der Waals surface area contributed by atoms with E-state index in [4.69, 9.17) is 4.74 Å². The summed E-state index contributed by atoms with van der Waals surface area (Å²) in [5.74, 6) is -0.841. The molecule has 1 aliphatic rings. The van der Waals surface area contributed by atoms with Gasteiger partial charge in [0.2, 0.25) is 5.91 Å². The lowest BCUT2D eigenvalue weighted by atomic mass is 10.3. The molecule has 1 fully saturated rings. The summed E-state index contributed by atoms with van der Waals surface area (Å²) in [5.41, 5.74) is 0. The van der Waals surface area contributed by atoms with Crippen LogP contribution < -0.4 is 10.1 Å². The Kier molecular flexibility index (Phi) is 6.18. The number of amides is 2. The molecular formula is C15H18BrFN2O3. The zero-order chi connectivity index (χ0) is 15.9. The number of carbonyl (C=O) groups is 2. The topological polar surface area (TPSA) is 58.6 Å². The predicted molar refractivity (Wildman–Crippen MR) is 83.0 cm³/mol. The fourth-order valence-electron chi connectivity index (χ4n) is 2.22. The number of hydrogen-bond donors (Lipinski definition) is 1. The first kappa shape index (κ1) is 16.7. The molecule has 1 N–H and O–H groups in total. The second-order valence-corrected chi connectivity index (χ2v) is 5.97. The monoisotopic (exact) mass is 372 g/mol. The number of ether oxygens (including phenoxy) is 1. The Morgan fingerprint density at radius 3 is 2.73 bits per heavy atom. The maximum atomic E-state index is 13.5. The molecule has 0 aliphatic carbocycles. The molecule has 0 aromatic heterocycles. The first-order valence-corrected chi connectivity index (χ1v) is 7.98. The molecule has 0 spiro atoms. The van der Waals surface area contributed by atoms with E-state index in [9.17, 15) is 14.0 Å². The molecule has 2 rings (SSSR count).